The van der Waals surface area contributed by atoms with E-state index in [2.05, 4.69) is 40.6 Å². The first kappa shape index (κ1) is 16.6. The van der Waals surface area contributed by atoms with Crippen molar-refractivity contribution in [2.45, 2.75) is 17.9 Å². The average Bonchev–Trinajstić information content (AvgIpc) is 3.07. The highest BCUT2D eigenvalue weighted by molar-refractivity contribution is 7.89. The molecule has 2 aromatic heterocycles. The molecule has 3 N–H and O–H groups in total. The molecule has 0 fully saturated rings. The van der Waals surface area contributed by atoms with Gasteiger partial charge in [0.25, 0.3) is 0 Å². The number of primary sulfonamides is 1. The summed E-state index contributed by atoms with van der Waals surface area (Å²) in [6.45, 7) is 2.05. The maximum absolute atomic E-state index is 11.3. The zero-order valence-corrected chi connectivity index (χ0v) is 14.6. The predicted octanol–water partition coefficient (Wildman–Crippen LogP) is 3.30. The van der Waals surface area contributed by atoms with Crippen LogP contribution in [0.5, 0.6) is 0 Å². The maximum Gasteiger partial charge on any atom is 0.239 e. The Labute approximate surface area is 145 Å². The first-order chi connectivity index (χ1) is 11.4. The quantitative estimate of drug-likeness (QED) is 0.732. The van der Waals surface area contributed by atoms with E-state index in [9.17, 15) is 8.42 Å². The number of benzene rings is 1. The molecule has 1 aromatic carbocycles. The van der Waals surface area contributed by atoms with Gasteiger partial charge in [-0.25, -0.2) is 18.5 Å². The third kappa shape index (κ3) is 3.81. The van der Waals surface area contributed by atoms with Crippen molar-refractivity contribution in [1.29, 1.82) is 0 Å². The number of thiophene rings is 1. The van der Waals surface area contributed by atoms with Crippen LogP contribution < -0.4 is 10.5 Å². The number of hydrogen-bond acceptors (Lipinski definition) is 5. The number of nitrogens with two attached hydrogens (primary N) is 1. The minimum Gasteiger partial charge on any atom is -0.358 e. The molecule has 24 heavy (non-hydrogen) atoms. The fourth-order valence-corrected chi connectivity index (χ4v) is 3.57. The molecule has 3 rings (SSSR count). The fraction of sp³-hybridized carbons (Fsp3) is 0.118. The van der Waals surface area contributed by atoms with Gasteiger partial charge in [-0.15, -0.1) is 11.3 Å². The van der Waals surface area contributed by atoms with Crippen LogP contribution in [0.3, 0.4) is 0 Å². The summed E-state index contributed by atoms with van der Waals surface area (Å²) in [6.07, 6.45) is 1.26. The molecule has 1 atom stereocenters. The predicted molar refractivity (Wildman–Crippen MR) is 96.6 cm³/mol. The van der Waals surface area contributed by atoms with Gasteiger partial charge in [0, 0.05) is 11.1 Å². The Morgan fingerprint density at radius 3 is 2.42 bits per heavy atom. The summed E-state index contributed by atoms with van der Waals surface area (Å²) >= 11 is 1.65. The second-order valence-corrected chi connectivity index (χ2v) is 7.97. The number of anilines is 1. The molecular formula is C17H17N3O2S2. The van der Waals surface area contributed by atoms with Crippen LogP contribution in [0, 0.1) is 6.92 Å². The van der Waals surface area contributed by atoms with Crippen molar-refractivity contribution in [2.75, 3.05) is 5.32 Å². The molecule has 0 amide bonds. The van der Waals surface area contributed by atoms with Crippen LogP contribution >= 0.6 is 11.3 Å². The van der Waals surface area contributed by atoms with Gasteiger partial charge in [0.1, 0.15) is 10.7 Å². The Morgan fingerprint density at radius 1 is 1.12 bits per heavy atom. The normalized spacial score (nSPS) is 12.8. The van der Waals surface area contributed by atoms with Gasteiger partial charge in [-0.05, 0) is 36.1 Å². The Morgan fingerprint density at radius 2 is 1.88 bits per heavy atom. The van der Waals surface area contributed by atoms with Crippen LogP contribution in [0.4, 0.5) is 5.82 Å². The highest BCUT2D eigenvalue weighted by atomic mass is 32.2. The van der Waals surface area contributed by atoms with Crippen LogP contribution in [0.15, 0.2) is 65.0 Å². The van der Waals surface area contributed by atoms with E-state index in [1.54, 1.807) is 17.4 Å². The van der Waals surface area contributed by atoms with Crippen molar-refractivity contribution in [3.63, 3.8) is 0 Å². The Kier molecular flexibility index (Phi) is 4.66. The number of rotatable bonds is 5. The monoisotopic (exact) mass is 359 g/mol. The lowest BCUT2D eigenvalue weighted by Gasteiger charge is -2.19. The summed E-state index contributed by atoms with van der Waals surface area (Å²) in [5, 5.41) is 10.5. The lowest BCUT2D eigenvalue weighted by molar-refractivity contribution is 0.597. The van der Waals surface area contributed by atoms with Crippen molar-refractivity contribution in [3.8, 4) is 0 Å². The van der Waals surface area contributed by atoms with Gasteiger partial charge in [-0.1, -0.05) is 35.9 Å². The van der Waals surface area contributed by atoms with E-state index in [0.29, 0.717) is 5.82 Å². The van der Waals surface area contributed by atoms with E-state index in [0.717, 1.165) is 10.4 Å². The molecule has 0 spiro atoms. The van der Waals surface area contributed by atoms with Gasteiger partial charge in [-0.2, -0.15) is 0 Å². The first-order valence-electron chi connectivity index (χ1n) is 7.29. The standard InChI is InChI=1S/C17H17N3O2S2/c1-12-4-6-13(7-5-12)17(15-3-2-10-23-15)20-16-9-8-14(11-19-16)24(18,21)22/h2-11,17H,1H3,(H,19,20)(H2,18,21,22)/t17-/m1/s1. The molecule has 7 heteroatoms. The molecule has 0 aliphatic rings. The van der Waals surface area contributed by atoms with Gasteiger partial charge < -0.3 is 5.32 Å². The van der Waals surface area contributed by atoms with E-state index in [1.807, 2.05) is 18.4 Å². The van der Waals surface area contributed by atoms with Gasteiger partial charge in [0.05, 0.1) is 6.04 Å². The van der Waals surface area contributed by atoms with E-state index < -0.39 is 10.0 Å². The topological polar surface area (TPSA) is 85.1 Å². The Bertz CT molecular complexity index is 903. The van der Waals surface area contributed by atoms with E-state index in [1.165, 1.54) is 17.8 Å². The van der Waals surface area contributed by atoms with Gasteiger partial charge in [-0.3, -0.25) is 0 Å². The zero-order chi connectivity index (χ0) is 17.2. The first-order valence-corrected chi connectivity index (χ1v) is 9.71. The third-order valence-corrected chi connectivity index (χ3v) is 5.43. The van der Waals surface area contributed by atoms with Crippen LogP contribution in [0.25, 0.3) is 0 Å². The molecule has 0 bridgehead atoms. The van der Waals surface area contributed by atoms with E-state index in [4.69, 9.17) is 5.14 Å². The Balaban J connectivity index is 1.91. The maximum atomic E-state index is 11.3. The average molecular weight is 359 g/mol. The molecule has 0 unspecified atom stereocenters. The number of nitrogens with one attached hydrogen (secondary N) is 1. The number of aryl methyl sites for hydroxylation is 1. The molecule has 0 saturated heterocycles. The van der Waals surface area contributed by atoms with Crippen molar-refractivity contribution in [3.05, 3.63) is 76.1 Å². The fourth-order valence-electron chi connectivity index (χ4n) is 2.32. The summed E-state index contributed by atoms with van der Waals surface area (Å²) in [5.74, 6) is 0.585. The number of pyridine rings is 1. The van der Waals surface area contributed by atoms with Crippen LogP contribution in [0.2, 0.25) is 0 Å². The third-order valence-electron chi connectivity index (χ3n) is 3.60. The Hall–Kier alpha value is -2.22. The molecular weight excluding hydrogens is 342 g/mol. The lowest BCUT2D eigenvalue weighted by Crippen LogP contribution is -2.14. The van der Waals surface area contributed by atoms with Crippen LogP contribution in [-0.2, 0) is 10.0 Å². The summed E-state index contributed by atoms with van der Waals surface area (Å²) < 4.78 is 22.7. The smallest absolute Gasteiger partial charge is 0.239 e. The minimum absolute atomic E-state index is 0.00365. The molecule has 124 valence electrons. The lowest BCUT2D eigenvalue weighted by atomic mass is 10.0. The molecule has 0 aliphatic heterocycles. The van der Waals surface area contributed by atoms with Gasteiger partial charge in [0.2, 0.25) is 10.0 Å². The molecule has 3 aromatic rings. The minimum atomic E-state index is -3.74. The molecule has 0 radical (unpaired) electrons. The van der Waals surface area contributed by atoms with Crippen LogP contribution in [-0.4, -0.2) is 13.4 Å². The summed E-state index contributed by atoms with van der Waals surface area (Å²) in [5.41, 5.74) is 2.31. The molecule has 0 saturated carbocycles. The zero-order valence-electron chi connectivity index (χ0n) is 13.0. The molecule has 5 nitrogen and oxygen atoms in total. The highest BCUT2D eigenvalue weighted by Gasteiger charge is 2.16. The number of sulfonamides is 1. The van der Waals surface area contributed by atoms with E-state index in [-0.39, 0.29) is 10.9 Å². The summed E-state index contributed by atoms with van der Waals surface area (Å²) in [7, 11) is -3.74. The van der Waals surface area contributed by atoms with Crippen molar-refractivity contribution < 1.29 is 8.42 Å². The summed E-state index contributed by atoms with van der Waals surface area (Å²) in [4.78, 5) is 5.32. The van der Waals surface area contributed by atoms with Gasteiger partial charge >= 0.3 is 0 Å². The molecule has 0 aliphatic carbocycles. The van der Waals surface area contributed by atoms with Gasteiger partial charge in [0.15, 0.2) is 0 Å². The van der Waals surface area contributed by atoms with Crippen molar-refractivity contribution >= 4 is 27.2 Å². The van der Waals surface area contributed by atoms with Crippen LogP contribution in [0.1, 0.15) is 22.0 Å². The van der Waals surface area contributed by atoms with Crippen molar-refractivity contribution in [1.82, 2.24) is 4.98 Å². The molecule has 2 heterocycles. The number of aromatic nitrogens is 1. The second-order valence-electron chi connectivity index (χ2n) is 5.43. The van der Waals surface area contributed by atoms with Crippen molar-refractivity contribution in [2.24, 2.45) is 5.14 Å². The second kappa shape index (κ2) is 6.72. The highest BCUT2D eigenvalue weighted by Crippen LogP contribution is 2.29. The SMILES string of the molecule is Cc1ccc([C@@H](Nc2ccc(S(N)(=O)=O)cn2)c2cccs2)cc1. The number of nitrogens with zero attached hydrogens (tertiary/aromatic N) is 1. The summed E-state index contributed by atoms with van der Waals surface area (Å²) in [6, 6.07) is 15.3. The largest absolute Gasteiger partial charge is 0.358 e. The van der Waals surface area contributed by atoms with E-state index >= 15 is 0 Å². The number of hydrogen-bond donors (Lipinski definition) is 2.